The molecule has 1 atom stereocenters. The summed E-state index contributed by atoms with van der Waals surface area (Å²) in [7, 11) is 1.70. The maximum absolute atomic E-state index is 6.05. The van der Waals surface area contributed by atoms with E-state index in [1.807, 2.05) is 18.2 Å². The van der Waals surface area contributed by atoms with Crippen LogP contribution < -0.4 is 10.5 Å². The highest BCUT2D eigenvalue weighted by Gasteiger charge is 2.32. The minimum atomic E-state index is 0.256. The summed E-state index contributed by atoms with van der Waals surface area (Å²) in [5, 5.41) is 0.756. The predicted molar refractivity (Wildman–Crippen MR) is 75.1 cm³/mol. The molecule has 2 N–H and O–H groups in total. The highest BCUT2D eigenvalue weighted by atomic mass is 35.5. The highest BCUT2D eigenvalue weighted by molar-refractivity contribution is 6.30. The molecule has 0 amide bonds. The highest BCUT2D eigenvalue weighted by Crippen LogP contribution is 2.31. The van der Waals surface area contributed by atoms with Crippen LogP contribution in [0.25, 0.3) is 0 Å². The molecular weight excluding hydrogens is 248 g/mol. The minimum absolute atomic E-state index is 0.256. The lowest BCUT2D eigenvalue weighted by atomic mass is 9.90. The fraction of sp³-hybridized carbons (Fsp3) is 0.571. The standard InChI is InChI=1S/C14H21ClN2O/c1-14(9-16)5-6-17(10-14)8-11-7-12(15)3-4-13(11)18-2/h3-4,7H,5-6,8-10,16H2,1-2H3. The van der Waals surface area contributed by atoms with E-state index in [2.05, 4.69) is 11.8 Å². The van der Waals surface area contributed by atoms with Crippen molar-refractivity contribution >= 4 is 11.6 Å². The molecule has 0 saturated carbocycles. The van der Waals surface area contributed by atoms with E-state index in [1.165, 1.54) is 0 Å². The zero-order valence-corrected chi connectivity index (χ0v) is 11.8. The lowest BCUT2D eigenvalue weighted by Crippen LogP contribution is -2.31. The molecule has 0 bridgehead atoms. The van der Waals surface area contributed by atoms with E-state index in [0.717, 1.165) is 48.9 Å². The molecule has 0 aliphatic carbocycles. The summed E-state index contributed by atoms with van der Waals surface area (Å²) < 4.78 is 5.38. The summed E-state index contributed by atoms with van der Waals surface area (Å²) in [5.41, 5.74) is 7.23. The van der Waals surface area contributed by atoms with Gasteiger partial charge in [-0.1, -0.05) is 18.5 Å². The van der Waals surface area contributed by atoms with Crippen molar-refractivity contribution in [2.24, 2.45) is 11.1 Å². The van der Waals surface area contributed by atoms with Crippen LogP contribution in [-0.4, -0.2) is 31.6 Å². The van der Waals surface area contributed by atoms with Crippen LogP contribution in [0.2, 0.25) is 5.02 Å². The summed E-state index contributed by atoms with van der Waals surface area (Å²) in [6, 6.07) is 5.77. The van der Waals surface area contributed by atoms with Crippen molar-refractivity contribution in [3.8, 4) is 5.75 Å². The van der Waals surface area contributed by atoms with Gasteiger partial charge in [0.05, 0.1) is 7.11 Å². The number of likely N-dealkylation sites (tertiary alicyclic amines) is 1. The molecule has 4 heteroatoms. The smallest absolute Gasteiger partial charge is 0.123 e. The van der Waals surface area contributed by atoms with E-state index in [0.29, 0.717) is 0 Å². The van der Waals surface area contributed by atoms with Gasteiger partial charge in [-0.3, -0.25) is 4.90 Å². The van der Waals surface area contributed by atoms with Crippen molar-refractivity contribution < 1.29 is 4.74 Å². The Morgan fingerprint density at radius 2 is 2.28 bits per heavy atom. The van der Waals surface area contributed by atoms with Gasteiger partial charge in [0.2, 0.25) is 0 Å². The third-order valence-corrected chi connectivity index (χ3v) is 4.00. The maximum Gasteiger partial charge on any atom is 0.123 e. The van der Waals surface area contributed by atoms with Gasteiger partial charge in [-0.2, -0.15) is 0 Å². The van der Waals surface area contributed by atoms with Crippen LogP contribution >= 0.6 is 11.6 Å². The SMILES string of the molecule is COc1ccc(Cl)cc1CN1CCC(C)(CN)C1. The second kappa shape index (κ2) is 5.47. The number of nitrogens with two attached hydrogens (primary N) is 1. The monoisotopic (exact) mass is 268 g/mol. The van der Waals surface area contributed by atoms with Crippen LogP contribution in [0.3, 0.4) is 0 Å². The van der Waals surface area contributed by atoms with Gasteiger partial charge in [-0.15, -0.1) is 0 Å². The Morgan fingerprint density at radius 1 is 1.50 bits per heavy atom. The first-order chi connectivity index (χ1) is 8.56. The second-order valence-electron chi connectivity index (χ2n) is 5.43. The molecule has 18 heavy (non-hydrogen) atoms. The molecule has 0 radical (unpaired) electrons. The first-order valence-corrected chi connectivity index (χ1v) is 6.69. The predicted octanol–water partition coefficient (Wildman–Crippen LogP) is 2.52. The fourth-order valence-corrected chi connectivity index (χ4v) is 2.73. The summed E-state index contributed by atoms with van der Waals surface area (Å²) >= 11 is 6.05. The van der Waals surface area contributed by atoms with Gasteiger partial charge < -0.3 is 10.5 Å². The zero-order chi connectivity index (χ0) is 13.2. The van der Waals surface area contributed by atoms with Crippen LogP contribution in [0, 0.1) is 5.41 Å². The largest absolute Gasteiger partial charge is 0.496 e. The Bertz CT molecular complexity index is 424. The molecule has 1 aliphatic rings. The van der Waals surface area contributed by atoms with Gasteiger partial charge in [0, 0.05) is 23.7 Å². The summed E-state index contributed by atoms with van der Waals surface area (Å²) in [4.78, 5) is 2.42. The molecule has 0 aromatic heterocycles. The van der Waals surface area contributed by atoms with E-state index >= 15 is 0 Å². The third-order valence-electron chi connectivity index (χ3n) is 3.77. The topological polar surface area (TPSA) is 38.5 Å². The minimum Gasteiger partial charge on any atom is -0.496 e. The van der Waals surface area contributed by atoms with Gasteiger partial charge in [0.25, 0.3) is 0 Å². The van der Waals surface area contributed by atoms with Crippen molar-refractivity contribution in [1.82, 2.24) is 4.90 Å². The second-order valence-corrected chi connectivity index (χ2v) is 5.87. The summed E-state index contributed by atoms with van der Waals surface area (Å²) in [5.74, 6) is 0.903. The first kappa shape index (κ1) is 13.7. The number of benzene rings is 1. The van der Waals surface area contributed by atoms with Crippen molar-refractivity contribution in [1.29, 1.82) is 0 Å². The van der Waals surface area contributed by atoms with Crippen molar-refractivity contribution in [2.45, 2.75) is 19.9 Å². The third kappa shape index (κ3) is 2.97. The molecule has 1 heterocycles. The summed E-state index contributed by atoms with van der Waals surface area (Å²) in [6.45, 7) is 6.00. The van der Waals surface area contributed by atoms with Crippen molar-refractivity contribution in [3.05, 3.63) is 28.8 Å². The molecule has 0 spiro atoms. The molecule has 1 unspecified atom stereocenters. The van der Waals surface area contributed by atoms with E-state index in [-0.39, 0.29) is 5.41 Å². The quantitative estimate of drug-likeness (QED) is 0.912. The van der Waals surface area contributed by atoms with E-state index in [4.69, 9.17) is 22.1 Å². The lowest BCUT2D eigenvalue weighted by molar-refractivity contribution is 0.270. The van der Waals surface area contributed by atoms with Crippen LogP contribution in [0.1, 0.15) is 18.9 Å². The van der Waals surface area contributed by atoms with Crippen LogP contribution in [0.4, 0.5) is 0 Å². The van der Waals surface area contributed by atoms with Crippen molar-refractivity contribution in [2.75, 3.05) is 26.7 Å². The first-order valence-electron chi connectivity index (χ1n) is 6.31. The normalized spacial score (nSPS) is 24.4. The lowest BCUT2D eigenvalue weighted by Gasteiger charge is -2.23. The number of nitrogens with zero attached hydrogens (tertiary/aromatic N) is 1. The van der Waals surface area contributed by atoms with E-state index in [1.54, 1.807) is 7.11 Å². The number of ether oxygens (including phenoxy) is 1. The van der Waals surface area contributed by atoms with Gasteiger partial charge in [0.15, 0.2) is 0 Å². The van der Waals surface area contributed by atoms with Crippen LogP contribution in [0.15, 0.2) is 18.2 Å². The number of methoxy groups -OCH3 is 1. The Kier molecular flexibility index (Phi) is 4.15. The van der Waals surface area contributed by atoms with Gasteiger partial charge in [-0.25, -0.2) is 0 Å². The Labute approximate surface area is 114 Å². The molecule has 1 saturated heterocycles. The Hall–Kier alpha value is -0.770. The zero-order valence-electron chi connectivity index (χ0n) is 11.1. The molecule has 2 rings (SSSR count). The molecule has 100 valence electrons. The summed E-state index contributed by atoms with van der Waals surface area (Å²) in [6.07, 6.45) is 1.16. The number of hydrogen-bond acceptors (Lipinski definition) is 3. The van der Waals surface area contributed by atoms with Gasteiger partial charge >= 0.3 is 0 Å². The molecule has 1 aromatic carbocycles. The van der Waals surface area contributed by atoms with Gasteiger partial charge in [-0.05, 0) is 43.1 Å². The van der Waals surface area contributed by atoms with Crippen molar-refractivity contribution in [3.63, 3.8) is 0 Å². The molecular formula is C14H21ClN2O. The van der Waals surface area contributed by atoms with E-state index in [9.17, 15) is 0 Å². The Balaban J connectivity index is 2.08. The molecule has 1 fully saturated rings. The average Bonchev–Trinajstić information content (AvgIpc) is 2.72. The number of rotatable bonds is 4. The van der Waals surface area contributed by atoms with Crippen LogP contribution in [-0.2, 0) is 6.54 Å². The number of halogens is 1. The van der Waals surface area contributed by atoms with E-state index < -0.39 is 0 Å². The van der Waals surface area contributed by atoms with Gasteiger partial charge in [0.1, 0.15) is 5.75 Å². The number of hydrogen-bond donors (Lipinski definition) is 1. The molecule has 1 aliphatic heterocycles. The average molecular weight is 269 g/mol. The fourth-order valence-electron chi connectivity index (χ4n) is 2.54. The van der Waals surface area contributed by atoms with Crippen LogP contribution in [0.5, 0.6) is 5.75 Å². The Morgan fingerprint density at radius 3 is 2.89 bits per heavy atom. The molecule has 1 aromatic rings. The maximum atomic E-state index is 6.05. The molecule has 3 nitrogen and oxygen atoms in total.